The predicted molar refractivity (Wildman–Crippen MR) is 135 cm³/mol. The average molecular weight is 517 g/mol. The number of urea groups is 1. The summed E-state index contributed by atoms with van der Waals surface area (Å²) < 4.78 is 23.9. The molecule has 2 aliphatic heterocycles. The molecule has 4 rings (SSSR count). The fourth-order valence-corrected chi connectivity index (χ4v) is 4.36. The van der Waals surface area contributed by atoms with Crippen LogP contribution < -0.4 is 30.3 Å². The van der Waals surface area contributed by atoms with E-state index in [4.69, 9.17) is 9.47 Å². The molecule has 0 bridgehead atoms. The van der Waals surface area contributed by atoms with Crippen molar-refractivity contribution in [2.45, 2.75) is 44.4 Å². The molecule has 2 aliphatic rings. The van der Waals surface area contributed by atoms with Gasteiger partial charge in [-0.15, -0.1) is 0 Å². The molecule has 3 amide bonds. The topological polar surface area (TPSA) is 134 Å². The summed E-state index contributed by atoms with van der Waals surface area (Å²) >= 11 is 0. The van der Waals surface area contributed by atoms with E-state index in [2.05, 4.69) is 35.8 Å². The van der Waals surface area contributed by atoms with Gasteiger partial charge >= 0.3 is 12.1 Å². The van der Waals surface area contributed by atoms with E-state index in [1.165, 1.54) is 12.4 Å². The fourth-order valence-electron chi connectivity index (χ4n) is 4.36. The lowest BCUT2D eigenvalue weighted by Gasteiger charge is -2.38. The largest absolute Gasteiger partial charge is 0.477 e. The van der Waals surface area contributed by atoms with E-state index in [-0.39, 0.29) is 18.1 Å². The molecule has 2 aromatic rings. The van der Waals surface area contributed by atoms with Crippen LogP contribution in [-0.4, -0.2) is 90.1 Å². The molecule has 2 aromatic heterocycles. The van der Waals surface area contributed by atoms with Crippen LogP contribution in [0.1, 0.15) is 26.2 Å². The Morgan fingerprint density at radius 2 is 2.16 bits per heavy atom. The Kier molecular flexibility index (Phi) is 8.88. The van der Waals surface area contributed by atoms with Crippen LogP contribution in [-0.2, 0) is 0 Å². The van der Waals surface area contributed by atoms with E-state index in [1.807, 2.05) is 6.92 Å². The van der Waals surface area contributed by atoms with Gasteiger partial charge in [0.25, 0.3) is 0 Å². The number of anilines is 2. The number of halogens is 1. The minimum absolute atomic E-state index is 0.0580. The Bertz CT molecular complexity index is 1060. The molecule has 0 aliphatic carbocycles. The molecule has 0 saturated carbocycles. The Labute approximate surface area is 214 Å². The van der Waals surface area contributed by atoms with Crippen molar-refractivity contribution in [1.82, 2.24) is 30.5 Å². The molecule has 0 spiro atoms. The zero-order chi connectivity index (χ0) is 26.2. The van der Waals surface area contributed by atoms with E-state index in [9.17, 15) is 14.0 Å². The number of alkyl halides is 1. The van der Waals surface area contributed by atoms with Crippen molar-refractivity contribution < 1.29 is 23.5 Å². The summed E-state index contributed by atoms with van der Waals surface area (Å²) in [5.41, 5.74) is 0. The van der Waals surface area contributed by atoms with E-state index in [0.29, 0.717) is 55.9 Å². The maximum atomic E-state index is 13.3. The SMILES string of the molecule is CCOc1cnc(NC(=O)N(C)[C@@H]2CCCN(c3cc(OC(=O)NC[C@@H]4C[C@H](F)CN4)ccn3)C2)cn1. The number of aromatic nitrogens is 3. The lowest BCUT2D eigenvalue weighted by Crippen LogP contribution is -2.50. The first-order valence-corrected chi connectivity index (χ1v) is 12.4. The quantitative estimate of drug-likeness (QED) is 0.483. The highest BCUT2D eigenvalue weighted by molar-refractivity contribution is 5.88. The Morgan fingerprint density at radius 3 is 2.89 bits per heavy atom. The lowest BCUT2D eigenvalue weighted by molar-refractivity contribution is 0.195. The van der Waals surface area contributed by atoms with Crippen molar-refractivity contribution in [2.75, 3.05) is 50.1 Å². The van der Waals surface area contributed by atoms with Crippen LogP contribution in [0.4, 0.5) is 25.6 Å². The van der Waals surface area contributed by atoms with Crippen LogP contribution in [0.2, 0.25) is 0 Å². The number of nitrogens with zero attached hydrogens (tertiary/aromatic N) is 5. The second-order valence-corrected chi connectivity index (χ2v) is 9.01. The van der Waals surface area contributed by atoms with Gasteiger partial charge in [0.2, 0.25) is 5.88 Å². The van der Waals surface area contributed by atoms with Crippen LogP contribution in [0.25, 0.3) is 0 Å². The van der Waals surface area contributed by atoms with Crippen molar-refractivity contribution in [3.05, 3.63) is 30.7 Å². The fraction of sp³-hybridized carbons (Fsp3) is 0.542. The standard InChI is InChI=1S/C24H33FN8O4/c1-3-36-22-14-28-20(13-29-22)31-23(34)32(2)18-5-4-8-33(15-18)21-10-19(6-7-26-21)37-24(35)30-12-17-9-16(25)11-27-17/h6-7,10,13-14,16-18,27H,3-5,8-9,11-12,15H2,1-2H3,(H,30,35)(H,28,31,34)/t16-,17-,18+/m0/s1. The highest BCUT2D eigenvalue weighted by atomic mass is 19.1. The molecular weight excluding hydrogens is 483 g/mol. The number of pyridine rings is 1. The predicted octanol–water partition coefficient (Wildman–Crippen LogP) is 2.19. The Morgan fingerprint density at radius 1 is 1.30 bits per heavy atom. The number of piperidine rings is 1. The van der Waals surface area contributed by atoms with Crippen molar-refractivity contribution in [2.24, 2.45) is 0 Å². The van der Waals surface area contributed by atoms with Gasteiger partial charge in [0.05, 0.1) is 25.0 Å². The maximum Gasteiger partial charge on any atom is 0.412 e. The smallest absolute Gasteiger partial charge is 0.412 e. The molecule has 0 aromatic carbocycles. The summed E-state index contributed by atoms with van der Waals surface area (Å²) in [6, 6.07) is 2.85. The van der Waals surface area contributed by atoms with Crippen LogP contribution in [0.15, 0.2) is 30.7 Å². The van der Waals surface area contributed by atoms with Crippen LogP contribution in [0, 0.1) is 0 Å². The minimum atomic E-state index is -0.884. The summed E-state index contributed by atoms with van der Waals surface area (Å²) in [5, 5.41) is 8.44. The molecule has 0 unspecified atom stereocenters. The third-order valence-corrected chi connectivity index (χ3v) is 6.33. The first kappa shape index (κ1) is 26.3. The second-order valence-electron chi connectivity index (χ2n) is 9.01. The first-order valence-electron chi connectivity index (χ1n) is 12.4. The number of hydrogen-bond donors (Lipinski definition) is 3. The van der Waals surface area contributed by atoms with Gasteiger partial charge in [-0.1, -0.05) is 0 Å². The second kappa shape index (κ2) is 12.5. The normalized spacial score (nSPS) is 21.3. The third-order valence-electron chi connectivity index (χ3n) is 6.33. The van der Waals surface area contributed by atoms with E-state index in [1.54, 1.807) is 30.3 Å². The number of rotatable bonds is 8. The third kappa shape index (κ3) is 7.38. The van der Waals surface area contributed by atoms with Crippen LogP contribution >= 0.6 is 0 Å². The summed E-state index contributed by atoms with van der Waals surface area (Å²) in [4.78, 5) is 41.4. The number of ether oxygens (including phenoxy) is 2. The molecule has 13 heteroatoms. The molecule has 37 heavy (non-hydrogen) atoms. The van der Waals surface area contributed by atoms with E-state index < -0.39 is 12.3 Å². The zero-order valence-electron chi connectivity index (χ0n) is 21.0. The van der Waals surface area contributed by atoms with Crippen LogP contribution in [0.5, 0.6) is 11.6 Å². The number of carbonyl (C=O) groups excluding carboxylic acids is 2. The molecule has 0 radical (unpaired) electrons. The minimum Gasteiger partial charge on any atom is -0.477 e. The number of carbonyl (C=O) groups is 2. The highest BCUT2D eigenvalue weighted by Crippen LogP contribution is 2.24. The Balaban J connectivity index is 1.29. The summed E-state index contributed by atoms with van der Waals surface area (Å²) in [7, 11) is 1.74. The van der Waals surface area contributed by atoms with E-state index >= 15 is 0 Å². The number of likely N-dealkylation sites (N-methyl/N-ethyl adjacent to an activating group) is 1. The maximum absolute atomic E-state index is 13.3. The van der Waals surface area contributed by atoms with Crippen molar-refractivity contribution in [3.8, 4) is 11.6 Å². The molecule has 3 atom stereocenters. The van der Waals surface area contributed by atoms with Crippen molar-refractivity contribution in [3.63, 3.8) is 0 Å². The lowest BCUT2D eigenvalue weighted by atomic mass is 10.0. The van der Waals surface area contributed by atoms with Crippen LogP contribution in [0.3, 0.4) is 0 Å². The van der Waals surface area contributed by atoms with Gasteiger partial charge in [0.15, 0.2) is 5.82 Å². The number of hydrogen-bond acceptors (Lipinski definition) is 9. The summed E-state index contributed by atoms with van der Waals surface area (Å²) in [6.45, 7) is 4.27. The average Bonchev–Trinajstić information content (AvgIpc) is 3.33. The molecular formula is C24H33FN8O4. The summed E-state index contributed by atoms with van der Waals surface area (Å²) in [6.07, 6.45) is 5.08. The monoisotopic (exact) mass is 516 g/mol. The molecule has 4 heterocycles. The zero-order valence-corrected chi connectivity index (χ0v) is 21.0. The molecule has 2 fully saturated rings. The number of nitrogens with one attached hydrogen (secondary N) is 3. The van der Waals surface area contributed by atoms with Crippen molar-refractivity contribution >= 4 is 23.8 Å². The first-order chi connectivity index (χ1) is 17.9. The van der Waals surface area contributed by atoms with Gasteiger partial charge in [0, 0.05) is 51.5 Å². The molecule has 3 N–H and O–H groups in total. The Hall–Kier alpha value is -3.74. The van der Waals surface area contributed by atoms with Gasteiger partial charge < -0.3 is 29.9 Å². The van der Waals surface area contributed by atoms with Gasteiger partial charge in [0.1, 0.15) is 17.7 Å². The number of amides is 3. The van der Waals surface area contributed by atoms with E-state index in [0.717, 1.165) is 19.4 Å². The summed E-state index contributed by atoms with van der Waals surface area (Å²) in [5.74, 6) is 1.74. The van der Waals surface area contributed by atoms with Gasteiger partial charge in [-0.05, 0) is 32.3 Å². The van der Waals surface area contributed by atoms with Gasteiger partial charge in [-0.25, -0.2) is 28.9 Å². The van der Waals surface area contributed by atoms with Gasteiger partial charge in [-0.2, -0.15) is 0 Å². The highest BCUT2D eigenvalue weighted by Gasteiger charge is 2.28. The molecule has 200 valence electrons. The molecule has 2 saturated heterocycles. The van der Waals surface area contributed by atoms with Gasteiger partial charge in [-0.3, -0.25) is 5.32 Å². The van der Waals surface area contributed by atoms with Crippen molar-refractivity contribution in [1.29, 1.82) is 0 Å². The molecule has 12 nitrogen and oxygen atoms in total.